The van der Waals surface area contributed by atoms with Gasteiger partial charge in [0.1, 0.15) is 5.69 Å². The molecule has 1 aromatic heterocycles. The fourth-order valence-electron chi connectivity index (χ4n) is 4.50. The van der Waals surface area contributed by atoms with Gasteiger partial charge in [-0.1, -0.05) is 26.7 Å². The fraction of sp³-hybridized carbons (Fsp3) is 0.783. The molecule has 30 heavy (non-hydrogen) atoms. The van der Waals surface area contributed by atoms with Crippen molar-refractivity contribution in [2.75, 3.05) is 39.3 Å². The zero-order chi connectivity index (χ0) is 21.9. The minimum Gasteiger partial charge on any atom is -0.349 e. The van der Waals surface area contributed by atoms with Crippen LogP contribution in [0.2, 0.25) is 0 Å². The third kappa shape index (κ3) is 5.42. The molecule has 1 saturated heterocycles. The van der Waals surface area contributed by atoms with Crippen LogP contribution in [0.15, 0.2) is 6.07 Å². The highest BCUT2D eigenvalue weighted by molar-refractivity contribution is 5.92. The van der Waals surface area contributed by atoms with E-state index >= 15 is 0 Å². The van der Waals surface area contributed by atoms with Crippen molar-refractivity contribution in [3.8, 4) is 0 Å². The average molecular weight is 418 g/mol. The predicted molar refractivity (Wildman–Crippen MR) is 119 cm³/mol. The minimum atomic E-state index is -0.159. The SMILES string of the molecule is CC(C)c1cc(C(=O)NCCN2CCN(C(=O)C3CCCC3)CC2)nn1C(C)(C)C. The van der Waals surface area contributed by atoms with Crippen LogP contribution in [0.25, 0.3) is 0 Å². The van der Waals surface area contributed by atoms with Crippen LogP contribution in [0.5, 0.6) is 0 Å². The monoisotopic (exact) mass is 417 g/mol. The second kappa shape index (κ2) is 9.50. The summed E-state index contributed by atoms with van der Waals surface area (Å²) in [4.78, 5) is 29.6. The lowest BCUT2D eigenvalue weighted by Gasteiger charge is -2.36. The van der Waals surface area contributed by atoms with E-state index in [-0.39, 0.29) is 17.4 Å². The maximum atomic E-state index is 12.6. The maximum absolute atomic E-state index is 12.6. The van der Waals surface area contributed by atoms with E-state index < -0.39 is 0 Å². The molecule has 0 aromatic carbocycles. The van der Waals surface area contributed by atoms with Gasteiger partial charge in [0.2, 0.25) is 5.91 Å². The molecule has 168 valence electrons. The molecule has 2 aliphatic rings. The Kier molecular flexibility index (Phi) is 7.22. The number of carbonyl (C=O) groups is 2. The number of nitrogens with zero attached hydrogens (tertiary/aromatic N) is 4. The first kappa shape index (κ1) is 22.8. The number of piperazine rings is 1. The zero-order valence-electron chi connectivity index (χ0n) is 19.4. The van der Waals surface area contributed by atoms with Crippen molar-refractivity contribution < 1.29 is 9.59 Å². The molecule has 1 saturated carbocycles. The van der Waals surface area contributed by atoms with Crippen LogP contribution < -0.4 is 5.32 Å². The highest BCUT2D eigenvalue weighted by Crippen LogP contribution is 2.27. The van der Waals surface area contributed by atoms with E-state index in [1.807, 2.05) is 15.6 Å². The highest BCUT2D eigenvalue weighted by atomic mass is 16.2. The summed E-state index contributed by atoms with van der Waals surface area (Å²) < 4.78 is 1.97. The lowest BCUT2D eigenvalue weighted by Crippen LogP contribution is -2.51. The summed E-state index contributed by atoms with van der Waals surface area (Å²) in [7, 11) is 0. The number of nitrogens with one attached hydrogen (secondary N) is 1. The molecule has 0 radical (unpaired) electrons. The zero-order valence-corrected chi connectivity index (χ0v) is 19.4. The second-order valence-corrected chi connectivity index (χ2v) is 10.1. The predicted octanol–water partition coefficient (Wildman–Crippen LogP) is 2.83. The van der Waals surface area contributed by atoms with Crippen molar-refractivity contribution in [2.24, 2.45) is 5.92 Å². The van der Waals surface area contributed by atoms with Crippen molar-refractivity contribution in [1.29, 1.82) is 0 Å². The third-order valence-corrected chi connectivity index (χ3v) is 6.30. The molecule has 1 aliphatic heterocycles. The molecule has 2 amide bonds. The number of amides is 2. The van der Waals surface area contributed by atoms with Gasteiger partial charge in [-0.2, -0.15) is 5.10 Å². The van der Waals surface area contributed by atoms with Crippen LogP contribution >= 0.6 is 0 Å². The first-order valence-corrected chi connectivity index (χ1v) is 11.6. The van der Waals surface area contributed by atoms with E-state index in [4.69, 9.17) is 0 Å². The maximum Gasteiger partial charge on any atom is 0.271 e. The van der Waals surface area contributed by atoms with E-state index in [9.17, 15) is 9.59 Å². The summed E-state index contributed by atoms with van der Waals surface area (Å²) in [6.45, 7) is 15.3. The number of rotatable bonds is 6. The molecule has 2 heterocycles. The van der Waals surface area contributed by atoms with Gasteiger partial charge >= 0.3 is 0 Å². The van der Waals surface area contributed by atoms with Crippen molar-refractivity contribution in [2.45, 2.75) is 71.8 Å². The summed E-state index contributed by atoms with van der Waals surface area (Å²) in [6, 6.07) is 1.92. The second-order valence-electron chi connectivity index (χ2n) is 10.1. The topological polar surface area (TPSA) is 70.5 Å². The fourth-order valence-corrected chi connectivity index (χ4v) is 4.50. The molecule has 0 bridgehead atoms. The molecule has 3 rings (SSSR count). The van der Waals surface area contributed by atoms with Crippen molar-refractivity contribution in [3.05, 3.63) is 17.5 Å². The lowest BCUT2D eigenvalue weighted by molar-refractivity contribution is -0.137. The number of hydrogen-bond acceptors (Lipinski definition) is 4. The molecule has 1 aromatic rings. The Morgan fingerprint density at radius 2 is 1.77 bits per heavy atom. The number of carbonyl (C=O) groups excluding carboxylic acids is 2. The van der Waals surface area contributed by atoms with Crippen LogP contribution in [0.3, 0.4) is 0 Å². The van der Waals surface area contributed by atoms with Gasteiger partial charge in [0.05, 0.1) is 5.54 Å². The Balaban J connectivity index is 1.45. The molecular formula is C23H39N5O2. The average Bonchev–Trinajstić information content (AvgIpc) is 3.37. The van der Waals surface area contributed by atoms with Crippen molar-refractivity contribution in [3.63, 3.8) is 0 Å². The first-order chi connectivity index (χ1) is 14.2. The molecule has 7 nitrogen and oxygen atoms in total. The van der Waals surface area contributed by atoms with Gasteiger partial charge in [-0.05, 0) is 45.6 Å². The molecule has 7 heteroatoms. The third-order valence-electron chi connectivity index (χ3n) is 6.30. The Hall–Kier alpha value is -1.89. The Bertz CT molecular complexity index is 735. The van der Waals surface area contributed by atoms with Crippen LogP contribution in [0.4, 0.5) is 0 Å². The molecule has 0 atom stereocenters. The largest absolute Gasteiger partial charge is 0.349 e. The molecule has 1 N–H and O–H groups in total. The van der Waals surface area contributed by atoms with Gasteiger partial charge in [0.15, 0.2) is 0 Å². The summed E-state index contributed by atoms with van der Waals surface area (Å²) in [5, 5.41) is 7.60. The van der Waals surface area contributed by atoms with Crippen LogP contribution in [0, 0.1) is 5.92 Å². The first-order valence-electron chi connectivity index (χ1n) is 11.6. The van der Waals surface area contributed by atoms with Crippen LogP contribution in [-0.2, 0) is 10.3 Å². The summed E-state index contributed by atoms with van der Waals surface area (Å²) >= 11 is 0. The molecular weight excluding hydrogens is 378 g/mol. The quantitative estimate of drug-likeness (QED) is 0.773. The molecule has 2 fully saturated rings. The van der Waals surface area contributed by atoms with Crippen molar-refractivity contribution in [1.82, 2.24) is 24.9 Å². The smallest absolute Gasteiger partial charge is 0.271 e. The summed E-state index contributed by atoms with van der Waals surface area (Å²) in [6.07, 6.45) is 4.52. The van der Waals surface area contributed by atoms with Gasteiger partial charge in [-0.3, -0.25) is 19.2 Å². The van der Waals surface area contributed by atoms with E-state index in [0.717, 1.165) is 51.3 Å². The number of hydrogen-bond donors (Lipinski definition) is 1. The van der Waals surface area contributed by atoms with Gasteiger partial charge in [0.25, 0.3) is 5.91 Å². The molecule has 0 unspecified atom stereocenters. The summed E-state index contributed by atoms with van der Waals surface area (Å²) in [5.41, 5.74) is 1.41. The summed E-state index contributed by atoms with van der Waals surface area (Å²) in [5.74, 6) is 0.812. The Morgan fingerprint density at radius 1 is 1.13 bits per heavy atom. The van der Waals surface area contributed by atoms with E-state index in [1.54, 1.807) is 0 Å². The minimum absolute atomic E-state index is 0.116. The van der Waals surface area contributed by atoms with E-state index in [0.29, 0.717) is 24.1 Å². The Morgan fingerprint density at radius 3 is 2.30 bits per heavy atom. The van der Waals surface area contributed by atoms with Gasteiger partial charge in [-0.15, -0.1) is 0 Å². The molecule has 0 spiro atoms. The van der Waals surface area contributed by atoms with E-state index in [2.05, 4.69) is 49.9 Å². The van der Waals surface area contributed by atoms with Gasteiger partial charge < -0.3 is 10.2 Å². The number of aromatic nitrogens is 2. The van der Waals surface area contributed by atoms with Gasteiger partial charge in [0, 0.05) is 50.9 Å². The molecule has 1 aliphatic carbocycles. The standard InChI is InChI=1S/C23H39N5O2/c1-17(2)20-16-19(25-28(20)23(3,4)5)21(29)24-10-11-26-12-14-27(15-13-26)22(30)18-8-6-7-9-18/h16-18H,6-15H2,1-5H3,(H,24,29). The van der Waals surface area contributed by atoms with Crippen LogP contribution in [-0.4, -0.2) is 70.7 Å². The lowest BCUT2D eigenvalue weighted by atomic mass is 10.1. The highest BCUT2D eigenvalue weighted by Gasteiger charge is 2.29. The normalized spacial score (nSPS) is 18.9. The van der Waals surface area contributed by atoms with Gasteiger partial charge in [-0.25, -0.2) is 0 Å². The Labute approximate surface area is 181 Å². The van der Waals surface area contributed by atoms with Crippen molar-refractivity contribution >= 4 is 11.8 Å². The van der Waals surface area contributed by atoms with E-state index in [1.165, 1.54) is 12.8 Å². The van der Waals surface area contributed by atoms with Crippen LogP contribution in [0.1, 0.15) is 82.4 Å².